The Kier molecular flexibility index (Phi) is 4.57. The Balaban J connectivity index is 1.49. The number of hydrogen-bond acceptors (Lipinski definition) is 3. The van der Waals surface area contributed by atoms with Crippen LogP contribution in [0.3, 0.4) is 0 Å². The molecule has 3 heterocycles. The largest absolute Gasteiger partial charge is 0.451 e. The van der Waals surface area contributed by atoms with Gasteiger partial charge in [-0.25, -0.2) is 4.39 Å². The van der Waals surface area contributed by atoms with Gasteiger partial charge in [0.1, 0.15) is 11.6 Å². The Morgan fingerprint density at radius 1 is 1.08 bits per heavy atom. The molecule has 4 nitrogen and oxygen atoms in total. The lowest BCUT2D eigenvalue weighted by molar-refractivity contribution is 0.0677. The minimum Gasteiger partial charge on any atom is -0.451 e. The van der Waals surface area contributed by atoms with Crippen molar-refractivity contribution in [2.24, 2.45) is 0 Å². The molecule has 132 valence electrons. The molecule has 1 aromatic carbocycles. The van der Waals surface area contributed by atoms with E-state index in [1.165, 1.54) is 18.9 Å². The van der Waals surface area contributed by atoms with Gasteiger partial charge >= 0.3 is 0 Å². The second-order valence-electron chi connectivity index (χ2n) is 6.95. The molecular formula is C20H23FN2O2. The van der Waals surface area contributed by atoms with Crippen LogP contribution in [0, 0.1) is 5.82 Å². The number of benzene rings is 1. The molecule has 2 aliphatic heterocycles. The standard InChI is InChI=1S/C20H23FN2O2/c21-17-8-2-1-7-16(17)18-9-10-19(25-18)20(24)23-13-5-6-15(23)14-22-11-3-4-12-22/h1-2,7-10,15H,3-6,11-14H2. The second kappa shape index (κ2) is 7.00. The lowest BCUT2D eigenvalue weighted by Crippen LogP contribution is -2.42. The van der Waals surface area contributed by atoms with Gasteiger partial charge in [-0.05, 0) is 63.0 Å². The Morgan fingerprint density at radius 2 is 1.88 bits per heavy atom. The van der Waals surface area contributed by atoms with E-state index in [0.717, 1.165) is 39.0 Å². The van der Waals surface area contributed by atoms with Gasteiger partial charge in [0.15, 0.2) is 5.76 Å². The lowest BCUT2D eigenvalue weighted by Gasteiger charge is -2.27. The first-order valence-electron chi connectivity index (χ1n) is 9.10. The fourth-order valence-corrected chi connectivity index (χ4v) is 3.96. The molecule has 1 aromatic heterocycles. The van der Waals surface area contributed by atoms with Crippen molar-refractivity contribution < 1.29 is 13.6 Å². The van der Waals surface area contributed by atoms with Crippen LogP contribution in [0.1, 0.15) is 36.2 Å². The van der Waals surface area contributed by atoms with Crippen LogP contribution in [-0.2, 0) is 0 Å². The third-order valence-corrected chi connectivity index (χ3v) is 5.26. The number of nitrogens with zero attached hydrogens (tertiary/aromatic N) is 2. The third kappa shape index (κ3) is 3.33. The summed E-state index contributed by atoms with van der Waals surface area (Å²) in [5, 5.41) is 0. The van der Waals surface area contributed by atoms with E-state index < -0.39 is 0 Å². The van der Waals surface area contributed by atoms with E-state index in [0.29, 0.717) is 17.1 Å². The van der Waals surface area contributed by atoms with Crippen molar-refractivity contribution in [3.05, 3.63) is 48.0 Å². The fourth-order valence-electron chi connectivity index (χ4n) is 3.96. The number of furan rings is 1. The zero-order valence-corrected chi connectivity index (χ0v) is 14.3. The van der Waals surface area contributed by atoms with E-state index in [4.69, 9.17) is 4.42 Å². The van der Waals surface area contributed by atoms with E-state index >= 15 is 0 Å². The molecule has 2 fully saturated rings. The zero-order valence-electron chi connectivity index (χ0n) is 14.3. The average molecular weight is 342 g/mol. The number of carbonyl (C=O) groups excluding carboxylic acids is 1. The van der Waals surface area contributed by atoms with Crippen molar-refractivity contribution in [1.82, 2.24) is 9.80 Å². The maximum Gasteiger partial charge on any atom is 0.289 e. The molecule has 1 unspecified atom stereocenters. The van der Waals surface area contributed by atoms with Crippen LogP contribution < -0.4 is 0 Å². The predicted octanol–water partition coefficient (Wildman–Crippen LogP) is 3.79. The maximum absolute atomic E-state index is 13.9. The van der Waals surface area contributed by atoms with Crippen LogP contribution >= 0.6 is 0 Å². The first kappa shape index (κ1) is 16.3. The number of amides is 1. The summed E-state index contributed by atoms with van der Waals surface area (Å²) in [6, 6.07) is 10.1. The number of rotatable bonds is 4. The van der Waals surface area contributed by atoms with Crippen LogP contribution in [0.5, 0.6) is 0 Å². The molecule has 0 radical (unpaired) electrons. The Bertz CT molecular complexity index is 752. The zero-order chi connectivity index (χ0) is 17.2. The summed E-state index contributed by atoms with van der Waals surface area (Å²) in [6.07, 6.45) is 4.59. The van der Waals surface area contributed by atoms with E-state index in [1.807, 2.05) is 4.90 Å². The highest BCUT2D eigenvalue weighted by Crippen LogP contribution is 2.27. The van der Waals surface area contributed by atoms with Crippen molar-refractivity contribution in [1.29, 1.82) is 0 Å². The van der Waals surface area contributed by atoms with E-state index in [9.17, 15) is 9.18 Å². The summed E-state index contributed by atoms with van der Waals surface area (Å²) >= 11 is 0. The van der Waals surface area contributed by atoms with Gasteiger partial charge in [-0.1, -0.05) is 12.1 Å². The molecule has 0 spiro atoms. The van der Waals surface area contributed by atoms with E-state index in [2.05, 4.69) is 4.90 Å². The van der Waals surface area contributed by atoms with Crippen LogP contribution in [0.25, 0.3) is 11.3 Å². The van der Waals surface area contributed by atoms with Gasteiger partial charge in [-0.3, -0.25) is 4.79 Å². The quantitative estimate of drug-likeness (QED) is 0.848. The molecule has 0 N–H and O–H groups in total. The Labute approximate surface area is 147 Å². The minimum absolute atomic E-state index is 0.0794. The highest BCUT2D eigenvalue weighted by molar-refractivity contribution is 5.92. The van der Waals surface area contributed by atoms with Gasteiger partial charge in [0, 0.05) is 19.1 Å². The molecular weight excluding hydrogens is 319 g/mol. The predicted molar refractivity (Wildman–Crippen MR) is 93.8 cm³/mol. The number of carbonyl (C=O) groups is 1. The summed E-state index contributed by atoms with van der Waals surface area (Å²) in [7, 11) is 0. The van der Waals surface area contributed by atoms with Gasteiger partial charge in [0.2, 0.25) is 0 Å². The Hall–Kier alpha value is -2.14. The molecule has 25 heavy (non-hydrogen) atoms. The summed E-state index contributed by atoms with van der Waals surface area (Å²) in [5.41, 5.74) is 0.386. The van der Waals surface area contributed by atoms with Crippen molar-refractivity contribution in [2.45, 2.75) is 31.7 Å². The minimum atomic E-state index is -0.344. The van der Waals surface area contributed by atoms with E-state index in [1.54, 1.807) is 30.3 Å². The van der Waals surface area contributed by atoms with Gasteiger partial charge in [-0.15, -0.1) is 0 Å². The topological polar surface area (TPSA) is 36.7 Å². The number of halogens is 1. The molecule has 0 saturated carbocycles. The molecule has 2 saturated heterocycles. The summed E-state index contributed by atoms with van der Waals surface area (Å²) in [4.78, 5) is 17.3. The normalized spacial score (nSPS) is 21.2. The summed E-state index contributed by atoms with van der Waals surface area (Å²) in [6.45, 7) is 3.99. The molecule has 1 atom stereocenters. The summed E-state index contributed by atoms with van der Waals surface area (Å²) in [5.74, 6) is 0.275. The molecule has 1 amide bonds. The first-order chi connectivity index (χ1) is 12.2. The van der Waals surface area contributed by atoms with Crippen molar-refractivity contribution in [3.63, 3.8) is 0 Å². The number of hydrogen-bond donors (Lipinski definition) is 0. The molecule has 2 aromatic rings. The molecule has 2 aliphatic rings. The van der Waals surface area contributed by atoms with Crippen molar-refractivity contribution >= 4 is 5.91 Å². The fraction of sp³-hybridized carbons (Fsp3) is 0.450. The van der Waals surface area contributed by atoms with Gasteiger partial charge < -0.3 is 14.2 Å². The van der Waals surface area contributed by atoms with Crippen molar-refractivity contribution in [2.75, 3.05) is 26.2 Å². The lowest BCUT2D eigenvalue weighted by atomic mass is 10.1. The molecule has 0 bridgehead atoms. The van der Waals surface area contributed by atoms with E-state index in [-0.39, 0.29) is 17.8 Å². The number of likely N-dealkylation sites (tertiary alicyclic amines) is 2. The second-order valence-corrected chi connectivity index (χ2v) is 6.95. The first-order valence-corrected chi connectivity index (χ1v) is 9.10. The smallest absolute Gasteiger partial charge is 0.289 e. The molecule has 0 aliphatic carbocycles. The molecule has 5 heteroatoms. The highest BCUT2D eigenvalue weighted by Gasteiger charge is 2.32. The van der Waals surface area contributed by atoms with Gasteiger partial charge in [0.05, 0.1) is 5.56 Å². The SMILES string of the molecule is O=C(c1ccc(-c2ccccc2F)o1)N1CCCC1CN1CCCC1. The van der Waals surface area contributed by atoms with Gasteiger partial charge in [0.25, 0.3) is 5.91 Å². The van der Waals surface area contributed by atoms with Crippen LogP contribution in [-0.4, -0.2) is 47.9 Å². The van der Waals surface area contributed by atoms with Crippen LogP contribution in [0.4, 0.5) is 4.39 Å². The molecule has 4 rings (SSSR count). The van der Waals surface area contributed by atoms with Crippen molar-refractivity contribution in [3.8, 4) is 11.3 Å². The highest BCUT2D eigenvalue weighted by atomic mass is 19.1. The van der Waals surface area contributed by atoms with Crippen LogP contribution in [0.15, 0.2) is 40.8 Å². The monoisotopic (exact) mass is 342 g/mol. The maximum atomic E-state index is 13.9. The summed E-state index contributed by atoms with van der Waals surface area (Å²) < 4.78 is 19.6. The van der Waals surface area contributed by atoms with Gasteiger partial charge in [-0.2, -0.15) is 0 Å². The third-order valence-electron chi connectivity index (χ3n) is 5.26. The average Bonchev–Trinajstić information content (AvgIpc) is 3.37. The Morgan fingerprint density at radius 3 is 2.68 bits per heavy atom. The van der Waals surface area contributed by atoms with Crippen LogP contribution in [0.2, 0.25) is 0 Å².